The van der Waals surface area contributed by atoms with Crippen molar-refractivity contribution in [1.82, 2.24) is 9.55 Å². The summed E-state index contributed by atoms with van der Waals surface area (Å²) in [5.41, 5.74) is 3.87. The highest BCUT2D eigenvalue weighted by Crippen LogP contribution is 2.49. The minimum Gasteiger partial charge on any atom is -0.426 e. The fourth-order valence-corrected chi connectivity index (χ4v) is 5.73. The van der Waals surface area contributed by atoms with E-state index in [9.17, 15) is 9.59 Å². The SMILES string of the molecule is Cn1c(SCC(=O)Oc2ccccc2)nc2c(c1=O)C1(CCCC1)Cc1ccccc1-2. The maximum Gasteiger partial charge on any atom is 0.321 e. The molecule has 0 aliphatic heterocycles. The molecule has 5 nitrogen and oxygen atoms in total. The van der Waals surface area contributed by atoms with Crippen molar-refractivity contribution in [3.05, 3.63) is 76.1 Å². The van der Waals surface area contributed by atoms with Gasteiger partial charge in [0.05, 0.1) is 17.0 Å². The number of benzene rings is 2. The van der Waals surface area contributed by atoms with E-state index in [4.69, 9.17) is 9.72 Å². The Balaban J connectivity index is 1.49. The summed E-state index contributed by atoms with van der Waals surface area (Å²) in [7, 11) is 1.75. The van der Waals surface area contributed by atoms with E-state index in [0.29, 0.717) is 10.9 Å². The van der Waals surface area contributed by atoms with E-state index < -0.39 is 0 Å². The van der Waals surface area contributed by atoms with Crippen LogP contribution in [0.15, 0.2) is 64.5 Å². The van der Waals surface area contributed by atoms with Crippen LogP contribution in [0, 0.1) is 0 Å². The molecule has 0 unspecified atom stereocenters. The summed E-state index contributed by atoms with van der Waals surface area (Å²) >= 11 is 1.24. The van der Waals surface area contributed by atoms with Crippen LogP contribution in [0.4, 0.5) is 0 Å². The Hall–Kier alpha value is -2.86. The molecule has 1 fully saturated rings. The molecule has 5 rings (SSSR count). The van der Waals surface area contributed by atoms with Crippen LogP contribution in [0.3, 0.4) is 0 Å². The van der Waals surface area contributed by atoms with Gasteiger partial charge < -0.3 is 4.74 Å². The molecule has 0 N–H and O–H groups in total. The Kier molecular flexibility index (Phi) is 5.18. The zero-order valence-corrected chi connectivity index (χ0v) is 18.3. The highest BCUT2D eigenvalue weighted by molar-refractivity contribution is 7.99. The van der Waals surface area contributed by atoms with Gasteiger partial charge in [0.2, 0.25) is 0 Å². The lowest BCUT2D eigenvalue weighted by molar-refractivity contribution is -0.131. The minimum atomic E-state index is -0.365. The summed E-state index contributed by atoms with van der Waals surface area (Å²) in [5.74, 6) is 0.231. The molecule has 1 spiro atoms. The highest BCUT2D eigenvalue weighted by atomic mass is 32.2. The first-order chi connectivity index (χ1) is 15.1. The predicted molar refractivity (Wildman–Crippen MR) is 122 cm³/mol. The van der Waals surface area contributed by atoms with Crippen LogP contribution in [-0.4, -0.2) is 21.3 Å². The molecule has 0 bridgehead atoms. The average molecular weight is 433 g/mol. The molecule has 2 aliphatic carbocycles. The van der Waals surface area contributed by atoms with Crippen LogP contribution in [0.5, 0.6) is 5.75 Å². The molecule has 0 saturated heterocycles. The highest BCUT2D eigenvalue weighted by Gasteiger charge is 2.44. The maximum atomic E-state index is 13.5. The number of hydrogen-bond acceptors (Lipinski definition) is 5. The number of carbonyl (C=O) groups excluding carboxylic acids is 1. The molecule has 1 heterocycles. The van der Waals surface area contributed by atoms with E-state index in [-0.39, 0.29) is 22.7 Å². The number of hydrogen-bond donors (Lipinski definition) is 0. The summed E-state index contributed by atoms with van der Waals surface area (Å²) < 4.78 is 6.98. The Morgan fingerprint density at radius 2 is 1.81 bits per heavy atom. The molecule has 1 saturated carbocycles. The summed E-state index contributed by atoms with van der Waals surface area (Å²) in [6.07, 6.45) is 5.25. The Morgan fingerprint density at radius 3 is 2.58 bits per heavy atom. The van der Waals surface area contributed by atoms with Crippen LogP contribution in [0.2, 0.25) is 0 Å². The van der Waals surface area contributed by atoms with Crippen LogP contribution in [0.25, 0.3) is 11.3 Å². The van der Waals surface area contributed by atoms with Crippen LogP contribution < -0.4 is 10.3 Å². The van der Waals surface area contributed by atoms with Crippen molar-refractivity contribution in [3.8, 4) is 17.0 Å². The smallest absolute Gasteiger partial charge is 0.321 e. The fraction of sp³-hybridized carbons (Fsp3) is 0.320. The van der Waals surface area contributed by atoms with Crippen molar-refractivity contribution < 1.29 is 9.53 Å². The van der Waals surface area contributed by atoms with Gasteiger partial charge in [-0.1, -0.05) is 67.1 Å². The maximum absolute atomic E-state index is 13.5. The van der Waals surface area contributed by atoms with E-state index in [2.05, 4.69) is 18.2 Å². The number of fused-ring (bicyclic) bond motifs is 4. The number of rotatable bonds is 4. The second-order valence-electron chi connectivity index (χ2n) is 8.38. The first kappa shape index (κ1) is 20.1. The van der Waals surface area contributed by atoms with Crippen LogP contribution in [-0.2, 0) is 23.7 Å². The standard InChI is InChI=1S/C25H24N2O3S/c1-27-23(29)21-22(19-12-6-5-9-17(19)15-25(21)13-7-8-14-25)26-24(27)31-16-20(28)30-18-10-3-2-4-11-18/h2-6,9-12H,7-8,13-16H2,1H3. The number of para-hydroxylation sites is 1. The molecule has 6 heteroatoms. The molecule has 2 aliphatic rings. The van der Waals surface area contributed by atoms with E-state index in [1.54, 1.807) is 23.7 Å². The van der Waals surface area contributed by atoms with Crippen molar-refractivity contribution in [2.24, 2.45) is 7.05 Å². The lowest BCUT2D eigenvalue weighted by Crippen LogP contribution is -2.39. The van der Waals surface area contributed by atoms with Gasteiger partial charge in [-0.2, -0.15) is 0 Å². The zero-order chi connectivity index (χ0) is 21.4. The van der Waals surface area contributed by atoms with Crippen molar-refractivity contribution in [3.63, 3.8) is 0 Å². The van der Waals surface area contributed by atoms with Gasteiger partial charge >= 0.3 is 5.97 Å². The molecule has 2 aromatic carbocycles. The lowest BCUT2D eigenvalue weighted by atomic mass is 9.68. The molecular weight excluding hydrogens is 408 g/mol. The zero-order valence-electron chi connectivity index (χ0n) is 17.5. The molecule has 3 aromatic rings. The van der Waals surface area contributed by atoms with Gasteiger partial charge in [-0.15, -0.1) is 0 Å². The quantitative estimate of drug-likeness (QED) is 0.263. The van der Waals surface area contributed by atoms with Crippen molar-refractivity contribution in [1.29, 1.82) is 0 Å². The second kappa shape index (κ2) is 8.00. The van der Waals surface area contributed by atoms with Crippen molar-refractivity contribution in [2.45, 2.75) is 42.7 Å². The first-order valence-electron chi connectivity index (χ1n) is 10.7. The Labute approximate surface area is 185 Å². The third-order valence-electron chi connectivity index (χ3n) is 6.44. The van der Waals surface area contributed by atoms with E-state index in [0.717, 1.165) is 48.9 Å². The number of nitrogens with zero attached hydrogens (tertiary/aromatic N) is 2. The van der Waals surface area contributed by atoms with Gasteiger partial charge in [-0.25, -0.2) is 4.98 Å². The first-order valence-corrected chi connectivity index (χ1v) is 11.6. The molecule has 1 aromatic heterocycles. The molecule has 31 heavy (non-hydrogen) atoms. The van der Waals surface area contributed by atoms with E-state index in [1.165, 1.54) is 17.3 Å². The lowest BCUT2D eigenvalue weighted by Gasteiger charge is -2.36. The Morgan fingerprint density at radius 1 is 1.10 bits per heavy atom. The van der Waals surface area contributed by atoms with Gasteiger partial charge in [-0.3, -0.25) is 14.2 Å². The Bertz CT molecular complexity index is 1200. The largest absolute Gasteiger partial charge is 0.426 e. The second-order valence-corrected chi connectivity index (χ2v) is 9.32. The van der Waals surface area contributed by atoms with E-state index in [1.807, 2.05) is 24.3 Å². The third kappa shape index (κ3) is 3.59. The molecule has 158 valence electrons. The minimum absolute atomic E-state index is 0.0142. The van der Waals surface area contributed by atoms with Crippen molar-refractivity contribution >= 4 is 17.7 Å². The molecular formula is C25H24N2O3S. The third-order valence-corrected chi connectivity index (χ3v) is 7.44. The molecule has 0 atom stereocenters. The van der Waals surface area contributed by atoms with Gasteiger partial charge in [0.15, 0.2) is 5.16 Å². The molecule has 0 amide bonds. The molecule has 0 radical (unpaired) electrons. The monoisotopic (exact) mass is 432 g/mol. The topological polar surface area (TPSA) is 61.2 Å². The van der Waals surface area contributed by atoms with Gasteiger partial charge in [0.1, 0.15) is 5.75 Å². The van der Waals surface area contributed by atoms with Gasteiger partial charge in [0.25, 0.3) is 5.56 Å². The number of aromatic nitrogens is 2. The van der Waals surface area contributed by atoms with E-state index >= 15 is 0 Å². The summed E-state index contributed by atoms with van der Waals surface area (Å²) in [5, 5.41) is 0.540. The summed E-state index contributed by atoms with van der Waals surface area (Å²) in [4.78, 5) is 30.8. The van der Waals surface area contributed by atoms with Crippen molar-refractivity contribution in [2.75, 3.05) is 5.75 Å². The predicted octanol–water partition coefficient (Wildman–Crippen LogP) is 4.51. The number of carbonyl (C=O) groups is 1. The fourth-order valence-electron chi connectivity index (χ4n) is 4.99. The number of esters is 1. The number of ether oxygens (including phenoxy) is 1. The van der Waals surface area contributed by atoms with Crippen LogP contribution in [0.1, 0.15) is 36.8 Å². The average Bonchev–Trinajstić information content (AvgIpc) is 3.24. The van der Waals surface area contributed by atoms with Gasteiger partial charge in [-0.05, 0) is 37.0 Å². The normalized spacial score (nSPS) is 16.0. The summed E-state index contributed by atoms with van der Waals surface area (Å²) in [6.45, 7) is 0. The van der Waals surface area contributed by atoms with Gasteiger partial charge in [0, 0.05) is 18.0 Å². The van der Waals surface area contributed by atoms with Crippen LogP contribution >= 0.6 is 11.8 Å². The number of thioether (sulfide) groups is 1. The summed E-state index contributed by atoms with van der Waals surface area (Å²) in [6, 6.07) is 17.3.